The Morgan fingerprint density at radius 2 is 2.10 bits per heavy atom. The van der Waals surface area contributed by atoms with Gasteiger partial charge in [0.15, 0.2) is 5.82 Å². The molecule has 0 bridgehead atoms. The molecule has 30 heavy (non-hydrogen) atoms. The average molecular weight is 403 g/mol. The predicted octanol–water partition coefficient (Wildman–Crippen LogP) is 3.00. The highest BCUT2D eigenvalue weighted by atomic mass is 19.1. The van der Waals surface area contributed by atoms with Crippen molar-refractivity contribution in [3.05, 3.63) is 53.1 Å². The minimum Gasteiger partial charge on any atom is -0.382 e. The van der Waals surface area contributed by atoms with E-state index in [1.165, 1.54) is 0 Å². The molecule has 7 nitrogen and oxygen atoms in total. The van der Waals surface area contributed by atoms with Gasteiger partial charge < -0.3 is 10.3 Å². The number of nitrogens with zero attached hydrogens (tertiary/aromatic N) is 4. The Labute approximate surface area is 172 Å². The van der Waals surface area contributed by atoms with Gasteiger partial charge in [-0.1, -0.05) is 6.08 Å². The van der Waals surface area contributed by atoms with Crippen molar-refractivity contribution >= 4 is 28.6 Å². The molecule has 0 spiro atoms. The summed E-state index contributed by atoms with van der Waals surface area (Å²) < 4.78 is 16.0. The number of imidazole rings is 1. The molecule has 1 aliphatic rings. The molecule has 1 atom stereocenters. The second kappa shape index (κ2) is 7.37. The van der Waals surface area contributed by atoms with Gasteiger partial charge in [-0.3, -0.25) is 15.1 Å². The molecule has 152 valence electrons. The zero-order valence-corrected chi connectivity index (χ0v) is 16.8. The number of H-pyrrole nitrogens is 2. The molecule has 1 unspecified atom stereocenters. The number of hydrogen-bond acceptors (Lipinski definition) is 5. The molecule has 0 saturated carbocycles. The van der Waals surface area contributed by atoms with E-state index < -0.39 is 5.92 Å². The van der Waals surface area contributed by atoms with Gasteiger partial charge in [0.25, 0.3) is 0 Å². The van der Waals surface area contributed by atoms with Crippen LogP contribution in [0.5, 0.6) is 0 Å². The fourth-order valence-electron chi connectivity index (χ4n) is 3.95. The zero-order valence-electron chi connectivity index (χ0n) is 16.8. The lowest BCUT2D eigenvalue weighted by atomic mass is 9.94. The number of rotatable bonds is 4. The largest absolute Gasteiger partial charge is 0.382 e. The van der Waals surface area contributed by atoms with E-state index >= 15 is 4.39 Å². The van der Waals surface area contributed by atoms with Crippen LogP contribution in [0, 0.1) is 0 Å². The first kappa shape index (κ1) is 18.5. The van der Waals surface area contributed by atoms with Crippen LogP contribution in [-0.2, 0) is 0 Å². The molecule has 4 aromatic heterocycles. The third kappa shape index (κ3) is 3.24. The second-order valence-electron chi connectivity index (χ2n) is 7.83. The number of fused-ring (bicyclic) bond motifs is 2. The summed E-state index contributed by atoms with van der Waals surface area (Å²) in [6, 6.07) is 4.07. The van der Waals surface area contributed by atoms with Crippen LogP contribution in [0.15, 0.2) is 36.9 Å². The molecular formula is C22H22FN7. The van der Waals surface area contributed by atoms with Gasteiger partial charge in [-0.15, -0.1) is 0 Å². The Morgan fingerprint density at radius 1 is 1.20 bits per heavy atom. The van der Waals surface area contributed by atoms with Crippen molar-refractivity contribution in [2.45, 2.75) is 38.6 Å². The van der Waals surface area contributed by atoms with E-state index in [1.807, 2.05) is 18.2 Å². The molecule has 0 saturated heterocycles. The first-order valence-corrected chi connectivity index (χ1v) is 10.1. The van der Waals surface area contributed by atoms with E-state index in [1.54, 1.807) is 24.8 Å². The Balaban J connectivity index is 1.65. The number of halogens is 1. The maximum absolute atomic E-state index is 16.0. The molecule has 0 fully saturated rings. The highest BCUT2D eigenvalue weighted by Gasteiger charge is 2.24. The lowest BCUT2D eigenvalue weighted by Crippen LogP contribution is -2.26. The smallest absolute Gasteiger partial charge is 0.159 e. The summed E-state index contributed by atoms with van der Waals surface area (Å²) >= 11 is 0. The first-order chi connectivity index (χ1) is 14.6. The molecule has 0 amide bonds. The van der Waals surface area contributed by atoms with Crippen molar-refractivity contribution in [1.82, 2.24) is 30.1 Å². The van der Waals surface area contributed by atoms with Crippen molar-refractivity contribution in [3.63, 3.8) is 0 Å². The highest BCUT2D eigenvalue weighted by Crippen LogP contribution is 2.33. The molecule has 0 aliphatic heterocycles. The summed E-state index contributed by atoms with van der Waals surface area (Å²) in [5.74, 6) is -0.0936. The van der Waals surface area contributed by atoms with Gasteiger partial charge in [-0.2, -0.15) is 5.10 Å². The minimum atomic E-state index is -0.397. The normalized spacial score (nSPS) is 16.4. The second-order valence-corrected chi connectivity index (χ2v) is 7.83. The molecule has 3 N–H and O–H groups in total. The summed E-state index contributed by atoms with van der Waals surface area (Å²) in [6.45, 7) is 4.12. The average Bonchev–Trinajstić information content (AvgIpc) is 3.30. The van der Waals surface area contributed by atoms with Crippen LogP contribution in [-0.4, -0.2) is 36.2 Å². The summed E-state index contributed by atoms with van der Waals surface area (Å²) in [5.41, 5.74) is 3.77. The quantitative estimate of drug-likeness (QED) is 0.487. The van der Waals surface area contributed by atoms with E-state index in [-0.39, 0.29) is 11.9 Å². The molecule has 8 heteroatoms. The summed E-state index contributed by atoms with van der Waals surface area (Å²) in [6.07, 6.45) is 10.3. The number of aromatic nitrogens is 6. The Hall–Kier alpha value is -3.55. The van der Waals surface area contributed by atoms with Crippen molar-refractivity contribution < 1.29 is 4.39 Å². The van der Waals surface area contributed by atoms with Gasteiger partial charge in [0.1, 0.15) is 11.5 Å². The van der Waals surface area contributed by atoms with Gasteiger partial charge in [0.05, 0.1) is 33.5 Å². The van der Waals surface area contributed by atoms with Crippen molar-refractivity contribution in [3.8, 4) is 11.5 Å². The summed E-state index contributed by atoms with van der Waals surface area (Å²) in [7, 11) is 0. The van der Waals surface area contributed by atoms with Crippen molar-refractivity contribution in [1.29, 1.82) is 0 Å². The fraction of sp³-hybridized carbons (Fsp3) is 0.273. The monoisotopic (exact) mass is 403 g/mol. The molecule has 4 aromatic rings. The third-order valence-electron chi connectivity index (χ3n) is 5.27. The third-order valence-corrected chi connectivity index (χ3v) is 5.27. The lowest BCUT2D eigenvalue weighted by molar-refractivity contribution is 0.626. The van der Waals surface area contributed by atoms with E-state index in [4.69, 9.17) is 0 Å². The summed E-state index contributed by atoms with van der Waals surface area (Å²) in [4.78, 5) is 16.2. The molecule has 4 heterocycles. The maximum atomic E-state index is 16.0. The van der Waals surface area contributed by atoms with Crippen LogP contribution < -0.4 is 15.9 Å². The zero-order chi connectivity index (χ0) is 20.7. The highest BCUT2D eigenvalue weighted by molar-refractivity contribution is 5.78. The molecule has 0 radical (unpaired) electrons. The van der Waals surface area contributed by atoms with E-state index in [0.717, 1.165) is 28.7 Å². The van der Waals surface area contributed by atoms with Crippen LogP contribution in [0.25, 0.3) is 34.5 Å². The van der Waals surface area contributed by atoms with Gasteiger partial charge >= 0.3 is 0 Å². The minimum absolute atomic E-state index is 0.218. The molecule has 1 aliphatic carbocycles. The number of pyridine rings is 2. The molecule has 5 rings (SSSR count). The number of hydrogen-bond donors (Lipinski definition) is 3. The standard InChI is InChI=1S/C22H22FN7/c1-12(2)26-14-8-13(9-25-10-14)15-4-3-5-17-19(20(15)23)21(30-29-17)22-27-16-6-7-24-11-18(16)28-22/h5-12,15,26,29H,3-4H2,1-2H3,(H,27,28). The van der Waals surface area contributed by atoms with E-state index in [9.17, 15) is 0 Å². The number of aromatic amines is 2. The van der Waals surface area contributed by atoms with Crippen molar-refractivity contribution in [2.24, 2.45) is 0 Å². The van der Waals surface area contributed by atoms with E-state index in [0.29, 0.717) is 28.5 Å². The maximum Gasteiger partial charge on any atom is 0.159 e. The Morgan fingerprint density at radius 3 is 2.93 bits per heavy atom. The van der Waals surface area contributed by atoms with Crippen LogP contribution in [0.1, 0.15) is 38.2 Å². The van der Waals surface area contributed by atoms with Gasteiger partial charge in [0.2, 0.25) is 0 Å². The Kier molecular flexibility index (Phi) is 4.54. The number of anilines is 1. The molecular weight excluding hydrogens is 381 g/mol. The SMILES string of the molecule is CC(C)Nc1cncc(C2CCC=c3[nH]nc(-c4nc5ccncc5[nH]4)c3=C2F)c1. The fourth-order valence-corrected chi connectivity index (χ4v) is 3.95. The molecule has 0 aromatic carbocycles. The van der Waals surface area contributed by atoms with Crippen LogP contribution in [0.2, 0.25) is 0 Å². The van der Waals surface area contributed by atoms with Crippen LogP contribution in [0.4, 0.5) is 10.1 Å². The van der Waals surface area contributed by atoms with Gasteiger partial charge in [-0.05, 0) is 44.4 Å². The predicted molar refractivity (Wildman–Crippen MR) is 115 cm³/mol. The van der Waals surface area contributed by atoms with E-state index in [2.05, 4.69) is 49.3 Å². The van der Waals surface area contributed by atoms with Crippen LogP contribution >= 0.6 is 0 Å². The number of nitrogens with one attached hydrogen (secondary N) is 3. The van der Waals surface area contributed by atoms with Crippen molar-refractivity contribution in [2.75, 3.05) is 5.32 Å². The first-order valence-electron chi connectivity index (χ1n) is 10.1. The Bertz CT molecular complexity index is 1300. The summed E-state index contributed by atoms with van der Waals surface area (Å²) in [5, 5.41) is 11.9. The lowest BCUT2D eigenvalue weighted by Gasteiger charge is -2.16. The van der Waals surface area contributed by atoms with Crippen LogP contribution in [0.3, 0.4) is 0 Å². The van der Waals surface area contributed by atoms with Gasteiger partial charge in [-0.25, -0.2) is 9.37 Å². The topological polar surface area (TPSA) is 95.2 Å². The van der Waals surface area contributed by atoms with Gasteiger partial charge in [0, 0.05) is 30.6 Å².